The Balaban J connectivity index is 0.00000108. The van der Waals surface area contributed by atoms with Gasteiger partial charge in [0, 0.05) is 30.6 Å². The number of aromatic amines is 1. The van der Waals surface area contributed by atoms with Gasteiger partial charge in [0.05, 0.1) is 5.69 Å². The average molecular weight is 556 g/mol. The molecule has 6 N–H and O–H groups in total. The van der Waals surface area contributed by atoms with E-state index in [0.717, 1.165) is 28.0 Å². The summed E-state index contributed by atoms with van der Waals surface area (Å²) in [6.07, 6.45) is 6.65. The van der Waals surface area contributed by atoms with E-state index >= 15 is 0 Å². The minimum Gasteiger partial charge on any atom is -0.483 e. The van der Waals surface area contributed by atoms with Crippen molar-refractivity contribution in [3.05, 3.63) is 76.2 Å². The Hall–Kier alpha value is -5.40. The van der Waals surface area contributed by atoms with Crippen LogP contribution in [0.1, 0.15) is 52.3 Å². The molecule has 0 unspecified atom stereocenters. The van der Waals surface area contributed by atoms with E-state index in [2.05, 4.69) is 53.2 Å². The maximum Gasteiger partial charge on any atom is 0.290 e. The van der Waals surface area contributed by atoms with Gasteiger partial charge in [0.15, 0.2) is 0 Å². The molecular weight excluding hydrogens is 526 g/mol. The molecule has 0 spiro atoms. The summed E-state index contributed by atoms with van der Waals surface area (Å²) in [5.74, 6) is 2.18. The van der Waals surface area contributed by atoms with Crippen molar-refractivity contribution in [1.29, 1.82) is 5.41 Å². The molecule has 5 aromatic rings. The van der Waals surface area contributed by atoms with Crippen LogP contribution in [0.3, 0.4) is 0 Å². The van der Waals surface area contributed by atoms with Gasteiger partial charge in [-0.1, -0.05) is 6.07 Å². The Morgan fingerprint density at radius 3 is 2.59 bits per heavy atom. The number of nitrogens with two attached hydrogens (primary N) is 1. The number of hydrogen-bond donors (Lipinski definition) is 5. The van der Waals surface area contributed by atoms with Crippen molar-refractivity contribution < 1.29 is 14.6 Å². The number of nitrogens with one attached hydrogen (secondary N) is 3. The van der Waals surface area contributed by atoms with E-state index in [-0.39, 0.29) is 30.6 Å². The lowest BCUT2D eigenvalue weighted by Gasteiger charge is -2.14. The molecule has 4 heterocycles. The first-order valence-electron chi connectivity index (χ1n) is 12.8. The van der Waals surface area contributed by atoms with Crippen molar-refractivity contribution in [1.82, 2.24) is 40.0 Å². The minimum absolute atomic E-state index is 0.0482. The van der Waals surface area contributed by atoms with Crippen LogP contribution in [0.25, 0.3) is 17.3 Å². The highest BCUT2D eigenvalue weighted by molar-refractivity contribution is 5.95. The van der Waals surface area contributed by atoms with Crippen molar-refractivity contribution in [3.8, 4) is 17.5 Å². The number of pyridine rings is 1. The van der Waals surface area contributed by atoms with Crippen LogP contribution in [0, 0.1) is 19.3 Å². The molecule has 1 aliphatic carbocycles. The Labute approximate surface area is 234 Å². The third-order valence-corrected chi connectivity index (χ3v) is 6.64. The van der Waals surface area contributed by atoms with Crippen molar-refractivity contribution >= 4 is 23.8 Å². The molecule has 1 saturated carbocycles. The predicted molar refractivity (Wildman–Crippen MR) is 150 cm³/mol. The summed E-state index contributed by atoms with van der Waals surface area (Å²) in [6.45, 7) is 4.50. The molecule has 4 aromatic heterocycles. The van der Waals surface area contributed by atoms with Crippen LogP contribution in [0.15, 0.2) is 42.7 Å². The number of nitrogen functional groups attached to an aromatic ring is 1. The number of tetrazole rings is 1. The van der Waals surface area contributed by atoms with Gasteiger partial charge in [-0.15, -0.1) is 10.2 Å². The summed E-state index contributed by atoms with van der Waals surface area (Å²) >= 11 is 0. The number of anilines is 1. The lowest BCUT2D eigenvalue weighted by atomic mass is 9.99. The summed E-state index contributed by atoms with van der Waals surface area (Å²) < 4.78 is 8.09. The molecule has 1 aromatic carbocycles. The molecule has 1 aliphatic rings. The van der Waals surface area contributed by atoms with Gasteiger partial charge >= 0.3 is 0 Å². The number of H-pyrrole nitrogens is 1. The van der Waals surface area contributed by atoms with Crippen molar-refractivity contribution in [3.63, 3.8) is 0 Å². The van der Waals surface area contributed by atoms with E-state index in [1.165, 1.54) is 18.4 Å². The first-order valence-corrected chi connectivity index (χ1v) is 12.8. The molecule has 0 atom stereocenters. The van der Waals surface area contributed by atoms with Crippen LogP contribution < -0.4 is 15.8 Å². The summed E-state index contributed by atoms with van der Waals surface area (Å²) in [7, 11) is 0. The zero-order chi connectivity index (χ0) is 28.9. The summed E-state index contributed by atoms with van der Waals surface area (Å²) in [4.78, 5) is 22.1. The van der Waals surface area contributed by atoms with Crippen molar-refractivity contribution in [2.24, 2.45) is 5.73 Å². The number of benzene rings is 1. The van der Waals surface area contributed by atoms with E-state index in [0.29, 0.717) is 29.7 Å². The van der Waals surface area contributed by atoms with Crippen molar-refractivity contribution in [2.75, 3.05) is 5.32 Å². The quantitative estimate of drug-likeness (QED) is 0.101. The Morgan fingerprint density at radius 1 is 1.17 bits per heavy atom. The van der Waals surface area contributed by atoms with Crippen LogP contribution in [-0.4, -0.2) is 57.4 Å². The highest BCUT2D eigenvalue weighted by Crippen LogP contribution is 2.39. The molecule has 0 saturated heterocycles. The first kappa shape index (κ1) is 27.2. The molecule has 210 valence electrons. The molecule has 14 heteroatoms. The van der Waals surface area contributed by atoms with Crippen LogP contribution in [0.4, 0.5) is 5.82 Å². The second-order valence-corrected chi connectivity index (χ2v) is 9.63. The van der Waals surface area contributed by atoms with Gasteiger partial charge in [-0.3, -0.25) is 10.2 Å². The summed E-state index contributed by atoms with van der Waals surface area (Å²) in [5.41, 5.74) is 12.6. The van der Waals surface area contributed by atoms with E-state index in [1.54, 1.807) is 6.07 Å². The van der Waals surface area contributed by atoms with Crippen LogP contribution in [0.2, 0.25) is 0 Å². The third kappa shape index (κ3) is 6.43. The van der Waals surface area contributed by atoms with E-state index in [1.807, 2.05) is 42.6 Å². The fourth-order valence-electron chi connectivity index (χ4n) is 4.49. The normalized spacial score (nSPS) is 12.4. The highest BCUT2D eigenvalue weighted by Gasteiger charge is 2.23. The highest BCUT2D eigenvalue weighted by atomic mass is 16.5. The number of fused-ring (bicyclic) bond motifs is 1. The number of rotatable bonds is 9. The predicted octanol–water partition coefficient (Wildman–Crippen LogP) is 2.97. The van der Waals surface area contributed by atoms with Crippen LogP contribution in [0.5, 0.6) is 5.88 Å². The standard InChI is InChI=1S/C26H27N11O.CH2O2/c1-14-7-18(24(27)28)8-15(2)20(14)10-29-21-9-23(32-25(31-21)26-33-35-36-34-26)38-13-19-12-37-11-17(16-3-4-16)5-6-22(37)30-19;2-1-3/h5-9,11-12,16H,3-4,10,13H2,1-2H3,(H3,27,28)(H,29,31,32)(H,33,34,35,36);1H,(H,2,3). The fraction of sp³-hybridized carbons (Fsp3) is 0.259. The monoisotopic (exact) mass is 555 g/mol. The van der Waals surface area contributed by atoms with Gasteiger partial charge < -0.3 is 25.3 Å². The molecule has 0 bridgehead atoms. The number of imidazole rings is 1. The van der Waals surface area contributed by atoms with Crippen molar-refractivity contribution in [2.45, 2.75) is 45.8 Å². The smallest absolute Gasteiger partial charge is 0.290 e. The lowest BCUT2D eigenvalue weighted by Crippen LogP contribution is -2.13. The van der Waals surface area contributed by atoms with E-state index in [4.69, 9.17) is 25.8 Å². The Morgan fingerprint density at radius 2 is 1.93 bits per heavy atom. The number of amidine groups is 1. The number of ether oxygens (including phenoxy) is 1. The molecular formula is C27H29N11O3. The molecule has 14 nitrogen and oxygen atoms in total. The second-order valence-electron chi connectivity index (χ2n) is 9.63. The number of aromatic nitrogens is 8. The molecule has 41 heavy (non-hydrogen) atoms. The fourth-order valence-corrected chi connectivity index (χ4v) is 4.49. The average Bonchev–Trinajstić information content (AvgIpc) is 3.48. The maximum atomic E-state index is 8.36. The summed E-state index contributed by atoms with van der Waals surface area (Å²) in [5, 5.41) is 32.0. The third-order valence-electron chi connectivity index (χ3n) is 6.64. The Bertz CT molecular complexity index is 1670. The topological polar surface area (TPSA) is 206 Å². The number of nitrogens with zero attached hydrogens (tertiary/aromatic N) is 7. The van der Waals surface area contributed by atoms with E-state index < -0.39 is 0 Å². The lowest BCUT2D eigenvalue weighted by molar-refractivity contribution is -0.122. The first-order chi connectivity index (χ1) is 19.8. The number of carboxylic acid groups (broad SMARTS) is 1. The van der Waals surface area contributed by atoms with Gasteiger partial charge in [-0.05, 0) is 78.3 Å². The summed E-state index contributed by atoms with van der Waals surface area (Å²) in [6, 6.07) is 9.76. The second kappa shape index (κ2) is 11.8. The molecule has 0 aliphatic heterocycles. The molecule has 0 radical (unpaired) electrons. The van der Waals surface area contributed by atoms with Gasteiger partial charge in [-0.2, -0.15) is 10.2 Å². The van der Waals surface area contributed by atoms with E-state index in [9.17, 15) is 0 Å². The van der Waals surface area contributed by atoms with Gasteiger partial charge in [-0.25, -0.2) is 9.97 Å². The zero-order valence-electron chi connectivity index (χ0n) is 22.5. The van der Waals surface area contributed by atoms with Gasteiger partial charge in [0.1, 0.15) is 23.9 Å². The molecule has 6 rings (SSSR count). The maximum absolute atomic E-state index is 8.36. The Kier molecular flexibility index (Phi) is 7.80. The van der Waals surface area contributed by atoms with Gasteiger partial charge in [0.2, 0.25) is 17.5 Å². The van der Waals surface area contributed by atoms with Crippen LogP contribution in [-0.2, 0) is 17.9 Å². The largest absolute Gasteiger partial charge is 0.483 e. The van der Waals surface area contributed by atoms with Crippen LogP contribution >= 0.6 is 0 Å². The number of hydrogen-bond acceptors (Lipinski definition) is 10. The molecule has 0 amide bonds. The SMILES string of the molecule is Cc1cc(C(=N)N)cc(C)c1CNc1cc(OCc2cn3cc(C4CC4)ccc3n2)nc(-c2nn[nH]n2)n1.O=CO. The minimum atomic E-state index is -0.250. The number of carbonyl (C=O) groups is 1. The zero-order valence-corrected chi connectivity index (χ0v) is 22.5. The number of aryl methyl sites for hydroxylation is 2. The molecule has 1 fully saturated rings. The van der Waals surface area contributed by atoms with Gasteiger partial charge in [0.25, 0.3) is 6.47 Å².